The third-order valence-electron chi connectivity index (χ3n) is 5.38. The molecule has 0 fully saturated rings. The molecule has 1 atom stereocenters. The molecule has 0 aliphatic carbocycles. The fraction of sp³-hybridized carbons (Fsp3) is 0.0800. The van der Waals surface area contributed by atoms with Crippen molar-refractivity contribution in [1.82, 2.24) is 14.8 Å². The van der Waals surface area contributed by atoms with Gasteiger partial charge in [0.05, 0.1) is 5.57 Å². The minimum atomic E-state index is -0.470. The maximum absolute atomic E-state index is 13.5. The lowest BCUT2D eigenvalue weighted by Crippen LogP contribution is -2.31. The zero-order chi connectivity index (χ0) is 22.9. The zero-order valence-corrected chi connectivity index (χ0v) is 19.9. The maximum Gasteiger partial charge on any atom is 0.255 e. The van der Waals surface area contributed by atoms with E-state index in [0.717, 1.165) is 21.3 Å². The Labute approximate surface area is 204 Å². The number of rotatable bonds is 4. The summed E-state index contributed by atoms with van der Waals surface area (Å²) >= 11 is 9.74. The van der Waals surface area contributed by atoms with Crippen LogP contribution in [0.4, 0.5) is 11.6 Å². The molecule has 164 valence electrons. The van der Waals surface area contributed by atoms with Crippen LogP contribution in [0.15, 0.2) is 94.6 Å². The highest BCUT2D eigenvalue weighted by molar-refractivity contribution is 9.10. The van der Waals surface area contributed by atoms with Gasteiger partial charge < -0.3 is 10.6 Å². The average molecular weight is 521 g/mol. The van der Waals surface area contributed by atoms with E-state index in [1.54, 1.807) is 10.7 Å². The van der Waals surface area contributed by atoms with Crippen molar-refractivity contribution < 1.29 is 4.79 Å². The van der Waals surface area contributed by atoms with E-state index in [1.807, 2.05) is 79.7 Å². The first-order chi connectivity index (χ1) is 16.0. The summed E-state index contributed by atoms with van der Waals surface area (Å²) in [6, 6.07) is 24.2. The minimum absolute atomic E-state index is 0.207. The van der Waals surface area contributed by atoms with Gasteiger partial charge in [-0.15, -0.1) is 5.10 Å². The SMILES string of the molecule is CC1=C(C(=O)Nc2ccccc2)C(c2cccc(Br)c2)n2nc(-c3cccc(Cl)c3)nc2N1. The van der Waals surface area contributed by atoms with Gasteiger partial charge in [-0.25, -0.2) is 4.68 Å². The first kappa shape index (κ1) is 21.4. The molecule has 6 nitrogen and oxygen atoms in total. The van der Waals surface area contributed by atoms with Crippen molar-refractivity contribution in [2.75, 3.05) is 10.6 Å². The van der Waals surface area contributed by atoms with E-state index >= 15 is 0 Å². The molecule has 2 N–H and O–H groups in total. The smallest absolute Gasteiger partial charge is 0.255 e. The van der Waals surface area contributed by atoms with Gasteiger partial charge in [-0.05, 0) is 48.9 Å². The van der Waals surface area contributed by atoms with Gasteiger partial charge in [0.25, 0.3) is 5.91 Å². The highest BCUT2D eigenvalue weighted by atomic mass is 79.9. The van der Waals surface area contributed by atoms with Gasteiger partial charge in [0.15, 0.2) is 5.82 Å². The first-order valence-corrected chi connectivity index (χ1v) is 11.5. The summed E-state index contributed by atoms with van der Waals surface area (Å²) in [5.41, 5.74) is 3.71. The normalized spacial score (nSPS) is 15.1. The number of carbonyl (C=O) groups is 1. The predicted octanol–water partition coefficient (Wildman–Crippen LogP) is 6.29. The van der Waals surface area contributed by atoms with Crippen LogP contribution >= 0.6 is 27.5 Å². The fourth-order valence-electron chi connectivity index (χ4n) is 3.90. The van der Waals surface area contributed by atoms with Gasteiger partial charge in [-0.2, -0.15) is 4.98 Å². The molecule has 1 aliphatic rings. The molecule has 1 aliphatic heterocycles. The van der Waals surface area contributed by atoms with E-state index in [2.05, 4.69) is 26.6 Å². The lowest BCUT2D eigenvalue weighted by atomic mass is 9.95. The number of para-hydroxylation sites is 1. The summed E-state index contributed by atoms with van der Waals surface area (Å²) in [5.74, 6) is 0.878. The van der Waals surface area contributed by atoms with Crippen LogP contribution in [-0.2, 0) is 4.79 Å². The average Bonchev–Trinajstić information content (AvgIpc) is 3.22. The molecule has 0 saturated carbocycles. The molecule has 8 heteroatoms. The number of amides is 1. The summed E-state index contributed by atoms with van der Waals surface area (Å²) in [6.07, 6.45) is 0. The molecule has 1 amide bonds. The topological polar surface area (TPSA) is 71.8 Å². The Morgan fingerprint density at radius 3 is 2.61 bits per heavy atom. The molecule has 0 saturated heterocycles. The molecule has 1 unspecified atom stereocenters. The van der Waals surface area contributed by atoms with Crippen molar-refractivity contribution in [3.8, 4) is 11.4 Å². The lowest BCUT2D eigenvalue weighted by Gasteiger charge is -2.28. The number of anilines is 2. The van der Waals surface area contributed by atoms with Crippen molar-refractivity contribution in [2.45, 2.75) is 13.0 Å². The number of fused-ring (bicyclic) bond motifs is 1. The van der Waals surface area contributed by atoms with Crippen LogP contribution < -0.4 is 10.6 Å². The number of nitrogens with one attached hydrogen (secondary N) is 2. The number of hydrogen-bond donors (Lipinski definition) is 2. The van der Waals surface area contributed by atoms with Crippen molar-refractivity contribution in [3.63, 3.8) is 0 Å². The molecular weight excluding hydrogens is 502 g/mol. The number of benzene rings is 3. The van der Waals surface area contributed by atoms with Gasteiger partial charge in [0.1, 0.15) is 6.04 Å². The van der Waals surface area contributed by atoms with E-state index in [0.29, 0.717) is 28.1 Å². The number of aromatic nitrogens is 3. The second-order valence-electron chi connectivity index (χ2n) is 7.66. The molecule has 3 aromatic carbocycles. The summed E-state index contributed by atoms with van der Waals surface area (Å²) in [6.45, 7) is 1.88. The van der Waals surface area contributed by atoms with Gasteiger partial charge in [-0.3, -0.25) is 4.79 Å². The fourth-order valence-corrected chi connectivity index (χ4v) is 4.51. The number of allylic oxidation sites excluding steroid dienone is 1. The molecule has 5 rings (SSSR count). The number of nitrogens with zero attached hydrogens (tertiary/aromatic N) is 3. The van der Waals surface area contributed by atoms with Crippen LogP contribution in [0.5, 0.6) is 0 Å². The third kappa shape index (κ3) is 4.29. The second kappa shape index (κ2) is 8.84. The van der Waals surface area contributed by atoms with Gasteiger partial charge in [0, 0.05) is 26.4 Å². The Hall–Kier alpha value is -3.42. The molecule has 0 bridgehead atoms. The Morgan fingerprint density at radius 2 is 1.85 bits per heavy atom. The summed E-state index contributed by atoms with van der Waals surface area (Å²) < 4.78 is 2.67. The Bertz CT molecular complexity index is 1380. The van der Waals surface area contributed by atoms with E-state index in [9.17, 15) is 4.79 Å². The largest absolute Gasteiger partial charge is 0.328 e. The van der Waals surface area contributed by atoms with Crippen molar-refractivity contribution in [2.24, 2.45) is 0 Å². The van der Waals surface area contributed by atoms with Crippen molar-refractivity contribution in [1.29, 1.82) is 0 Å². The van der Waals surface area contributed by atoms with Crippen molar-refractivity contribution >= 4 is 45.1 Å². The first-order valence-electron chi connectivity index (χ1n) is 10.3. The van der Waals surface area contributed by atoms with Gasteiger partial charge >= 0.3 is 0 Å². The van der Waals surface area contributed by atoms with E-state index in [4.69, 9.17) is 21.7 Å². The minimum Gasteiger partial charge on any atom is -0.328 e. The van der Waals surface area contributed by atoms with E-state index < -0.39 is 6.04 Å². The van der Waals surface area contributed by atoms with Crippen LogP contribution in [0, 0.1) is 0 Å². The Kier molecular flexibility index (Phi) is 5.74. The summed E-state index contributed by atoms with van der Waals surface area (Å²) in [4.78, 5) is 18.2. The van der Waals surface area contributed by atoms with Crippen LogP contribution in [-0.4, -0.2) is 20.7 Å². The summed E-state index contributed by atoms with van der Waals surface area (Å²) in [7, 11) is 0. The lowest BCUT2D eigenvalue weighted by molar-refractivity contribution is -0.113. The van der Waals surface area contributed by atoms with Crippen LogP contribution in [0.1, 0.15) is 18.5 Å². The number of carbonyl (C=O) groups excluding carboxylic acids is 1. The highest BCUT2D eigenvalue weighted by Gasteiger charge is 2.34. The van der Waals surface area contributed by atoms with Crippen LogP contribution in [0.3, 0.4) is 0 Å². The standard InChI is InChI=1S/C25H19BrClN5O/c1-15-21(24(33)29-20-11-3-2-4-12-20)22(16-7-5-9-18(26)13-16)32-25(28-15)30-23(31-32)17-8-6-10-19(27)14-17/h2-14,22H,1H3,(H,29,33)(H,28,30,31). The van der Waals surface area contributed by atoms with E-state index in [-0.39, 0.29) is 5.91 Å². The maximum atomic E-state index is 13.5. The molecule has 0 radical (unpaired) electrons. The van der Waals surface area contributed by atoms with Crippen LogP contribution in [0.25, 0.3) is 11.4 Å². The second-order valence-corrected chi connectivity index (χ2v) is 9.01. The highest BCUT2D eigenvalue weighted by Crippen LogP contribution is 2.37. The van der Waals surface area contributed by atoms with Gasteiger partial charge in [-0.1, -0.05) is 70.0 Å². The monoisotopic (exact) mass is 519 g/mol. The van der Waals surface area contributed by atoms with Gasteiger partial charge in [0.2, 0.25) is 5.95 Å². The quantitative estimate of drug-likeness (QED) is 0.332. The van der Waals surface area contributed by atoms with E-state index in [1.165, 1.54) is 0 Å². The number of hydrogen-bond acceptors (Lipinski definition) is 4. The molecular formula is C25H19BrClN5O. The molecule has 0 spiro atoms. The molecule has 1 aromatic heterocycles. The zero-order valence-electron chi connectivity index (χ0n) is 17.6. The summed E-state index contributed by atoms with van der Waals surface area (Å²) in [5, 5.41) is 11.6. The number of halogens is 2. The molecule has 2 heterocycles. The van der Waals surface area contributed by atoms with Crippen molar-refractivity contribution in [3.05, 3.63) is 105 Å². The Morgan fingerprint density at radius 1 is 1.06 bits per heavy atom. The molecule has 4 aromatic rings. The predicted molar refractivity (Wildman–Crippen MR) is 134 cm³/mol. The van der Waals surface area contributed by atoms with Crippen LogP contribution in [0.2, 0.25) is 5.02 Å². The Balaban J connectivity index is 1.62. The molecule has 33 heavy (non-hydrogen) atoms. The third-order valence-corrected chi connectivity index (χ3v) is 6.10.